The van der Waals surface area contributed by atoms with Crippen molar-refractivity contribution in [2.45, 2.75) is 0 Å². The molecule has 0 atom stereocenters. The van der Waals surface area contributed by atoms with Gasteiger partial charge in [0.05, 0.1) is 31.3 Å². The molecule has 0 amide bonds. The summed E-state index contributed by atoms with van der Waals surface area (Å²) in [5.41, 5.74) is 1.06. The third kappa shape index (κ3) is 1.93. The minimum absolute atomic E-state index is 0.655. The zero-order valence-electron chi connectivity index (χ0n) is 8.23. The molecular formula is C9H14N4O. The van der Waals surface area contributed by atoms with Crippen molar-refractivity contribution in [2.75, 3.05) is 43.6 Å². The van der Waals surface area contributed by atoms with Crippen LogP contribution in [-0.2, 0) is 4.74 Å². The summed E-state index contributed by atoms with van der Waals surface area (Å²) in [6.45, 7) is 3.41. The highest BCUT2D eigenvalue weighted by Gasteiger charge is 2.11. The molecule has 14 heavy (non-hydrogen) atoms. The zero-order valence-corrected chi connectivity index (χ0v) is 8.23. The fraction of sp³-hybridized carbons (Fsp3) is 0.556. The topological polar surface area (TPSA) is 50.3 Å². The third-order valence-electron chi connectivity index (χ3n) is 2.24. The van der Waals surface area contributed by atoms with Crippen LogP contribution in [-0.4, -0.2) is 43.3 Å². The van der Waals surface area contributed by atoms with E-state index in [1.165, 1.54) is 0 Å². The van der Waals surface area contributed by atoms with Gasteiger partial charge in [-0.15, -0.1) is 0 Å². The van der Waals surface area contributed by atoms with Crippen molar-refractivity contribution >= 4 is 11.6 Å². The van der Waals surface area contributed by atoms with Gasteiger partial charge >= 0.3 is 0 Å². The lowest BCUT2D eigenvalue weighted by Gasteiger charge is -2.28. The van der Waals surface area contributed by atoms with Crippen LogP contribution in [0.5, 0.6) is 0 Å². The monoisotopic (exact) mass is 194 g/mol. The van der Waals surface area contributed by atoms with Crippen molar-refractivity contribution in [1.29, 1.82) is 0 Å². The van der Waals surface area contributed by atoms with E-state index in [0.29, 0.717) is 5.95 Å². The molecule has 1 N–H and O–H groups in total. The van der Waals surface area contributed by atoms with Crippen LogP contribution in [0.1, 0.15) is 0 Å². The van der Waals surface area contributed by atoms with E-state index in [9.17, 15) is 0 Å². The molecule has 1 aliphatic rings. The second-order valence-electron chi connectivity index (χ2n) is 3.11. The van der Waals surface area contributed by atoms with Gasteiger partial charge in [0.15, 0.2) is 0 Å². The predicted octanol–water partition coefficient (Wildman–Crippen LogP) is 0.355. The second-order valence-corrected chi connectivity index (χ2v) is 3.11. The fourth-order valence-corrected chi connectivity index (χ4v) is 1.44. The van der Waals surface area contributed by atoms with Crippen LogP contribution in [0.25, 0.3) is 0 Å². The molecule has 0 aliphatic carbocycles. The van der Waals surface area contributed by atoms with Crippen molar-refractivity contribution < 1.29 is 4.74 Å². The molecule has 0 saturated carbocycles. The summed E-state index contributed by atoms with van der Waals surface area (Å²) >= 11 is 0. The van der Waals surface area contributed by atoms with E-state index < -0.39 is 0 Å². The van der Waals surface area contributed by atoms with Gasteiger partial charge in [-0.1, -0.05) is 0 Å². The van der Waals surface area contributed by atoms with Gasteiger partial charge in [-0.05, 0) is 0 Å². The average Bonchev–Trinajstić information content (AvgIpc) is 2.30. The molecular weight excluding hydrogens is 180 g/mol. The molecule has 76 valence electrons. The standard InChI is InChI=1S/C9H14N4O/c1-10-9-11-6-8(7-12-9)13-2-4-14-5-3-13/h6-7H,2-5H2,1H3,(H,10,11,12). The number of hydrogen-bond donors (Lipinski definition) is 1. The van der Waals surface area contributed by atoms with Gasteiger partial charge in [0.25, 0.3) is 0 Å². The Bertz CT molecular complexity index is 281. The fourth-order valence-electron chi connectivity index (χ4n) is 1.44. The van der Waals surface area contributed by atoms with Gasteiger partial charge in [0.2, 0.25) is 5.95 Å². The highest BCUT2D eigenvalue weighted by atomic mass is 16.5. The Hall–Kier alpha value is -1.36. The quantitative estimate of drug-likeness (QED) is 0.736. The molecule has 0 aromatic carbocycles. The van der Waals surface area contributed by atoms with Gasteiger partial charge < -0.3 is 15.0 Å². The van der Waals surface area contributed by atoms with Crippen LogP contribution >= 0.6 is 0 Å². The first-order chi connectivity index (χ1) is 6.90. The Labute approximate surface area is 83.1 Å². The summed E-state index contributed by atoms with van der Waals surface area (Å²) in [7, 11) is 1.81. The van der Waals surface area contributed by atoms with E-state index in [1.54, 1.807) is 0 Å². The lowest BCUT2D eigenvalue weighted by molar-refractivity contribution is 0.122. The maximum atomic E-state index is 5.27. The molecule has 1 aromatic rings. The second kappa shape index (κ2) is 4.23. The average molecular weight is 194 g/mol. The van der Waals surface area contributed by atoms with Gasteiger partial charge in [0.1, 0.15) is 0 Å². The van der Waals surface area contributed by atoms with Crippen LogP contribution in [0, 0.1) is 0 Å². The third-order valence-corrected chi connectivity index (χ3v) is 2.24. The van der Waals surface area contributed by atoms with E-state index in [-0.39, 0.29) is 0 Å². The first kappa shape index (κ1) is 9.21. The zero-order chi connectivity index (χ0) is 9.80. The minimum atomic E-state index is 0.655. The Kier molecular flexibility index (Phi) is 2.78. The highest BCUT2D eigenvalue weighted by Crippen LogP contribution is 2.13. The number of rotatable bonds is 2. The number of hydrogen-bond acceptors (Lipinski definition) is 5. The van der Waals surface area contributed by atoms with Crippen molar-refractivity contribution in [3.63, 3.8) is 0 Å². The van der Waals surface area contributed by atoms with Crippen LogP contribution in [0.2, 0.25) is 0 Å². The van der Waals surface area contributed by atoms with Gasteiger partial charge in [-0.2, -0.15) is 0 Å². The number of aromatic nitrogens is 2. The molecule has 1 aliphatic heterocycles. The van der Waals surface area contributed by atoms with Crippen molar-refractivity contribution in [2.24, 2.45) is 0 Å². The van der Waals surface area contributed by atoms with E-state index in [2.05, 4.69) is 20.2 Å². The maximum absolute atomic E-state index is 5.27. The van der Waals surface area contributed by atoms with E-state index >= 15 is 0 Å². The normalized spacial score (nSPS) is 16.8. The van der Waals surface area contributed by atoms with Crippen LogP contribution < -0.4 is 10.2 Å². The molecule has 5 nitrogen and oxygen atoms in total. The Balaban J connectivity index is 2.07. The molecule has 0 bridgehead atoms. The van der Waals surface area contributed by atoms with Crippen molar-refractivity contribution in [3.05, 3.63) is 12.4 Å². The minimum Gasteiger partial charge on any atom is -0.378 e. The van der Waals surface area contributed by atoms with Crippen LogP contribution in [0.3, 0.4) is 0 Å². The summed E-state index contributed by atoms with van der Waals surface area (Å²) in [5, 5.41) is 2.89. The summed E-state index contributed by atoms with van der Waals surface area (Å²) < 4.78 is 5.27. The predicted molar refractivity (Wildman–Crippen MR) is 54.6 cm³/mol. The summed E-state index contributed by atoms with van der Waals surface area (Å²) in [6, 6.07) is 0. The first-order valence-corrected chi connectivity index (χ1v) is 4.72. The molecule has 1 aromatic heterocycles. The lowest BCUT2D eigenvalue weighted by atomic mass is 10.4. The van der Waals surface area contributed by atoms with Gasteiger partial charge in [-0.25, -0.2) is 9.97 Å². The number of nitrogens with zero attached hydrogens (tertiary/aromatic N) is 3. The molecule has 0 spiro atoms. The molecule has 2 heterocycles. The molecule has 0 radical (unpaired) electrons. The number of anilines is 2. The SMILES string of the molecule is CNc1ncc(N2CCOCC2)cn1. The van der Waals surface area contributed by atoms with E-state index in [1.807, 2.05) is 19.4 Å². The maximum Gasteiger partial charge on any atom is 0.222 e. The Morgan fingerprint density at radius 2 is 1.93 bits per heavy atom. The summed E-state index contributed by atoms with van der Waals surface area (Å²) in [6.07, 6.45) is 3.67. The number of morpholine rings is 1. The molecule has 1 fully saturated rings. The largest absolute Gasteiger partial charge is 0.378 e. The number of ether oxygens (including phenoxy) is 1. The molecule has 2 rings (SSSR count). The highest BCUT2D eigenvalue weighted by molar-refractivity contribution is 5.44. The summed E-state index contributed by atoms with van der Waals surface area (Å²) in [4.78, 5) is 10.6. The summed E-state index contributed by atoms with van der Waals surface area (Å²) in [5.74, 6) is 0.655. The first-order valence-electron chi connectivity index (χ1n) is 4.72. The van der Waals surface area contributed by atoms with Crippen molar-refractivity contribution in [1.82, 2.24) is 9.97 Å². The van der Waals surface area contributed by atoms with Crippen molar-refractivity contribution in [3.8, 4) is 0 Å². The number of nitrogens with one attached hydrogen (secondary N) is 1. The van der Waals surface area contributed by atoms with Crippen LogP contribution in [0.4, 0.5) is 11.6 Å². The van der Waals surface area contributed by atoms with Gasteiger partial charge in [-0.3, -0.25) is 0 Å². The Morgan fingerprint density at radius 1 is 1.29 bits per heavy atom. The van der Waals surface area contributed by atoms with E-state index in [4.69, 9.17) is 4.74 Å². The van der Waals surface area contributed by atoms with Gasteiger partial charge in [0, 0.05) is 20.1 Å². The molecule has 1 saturated heterocycles. The van der Waals surface area contributed by atoms with Crippen LogP contribution in [0.15, 0.2) is 12.4 Å². The Morgan fingerprint density at radius 3 is 2.50 bits per heavy atom. The smallest absolute Gasteiger partial charge is 0.222 e. The molecule has 5 heteroatoms. The lowest BCUT2D eigenvalue weighted by Crippen LogP contribution is -2.36. The molecule has 0 unspecified atom stereocenters. The van der Waals surface area contributed by atoms with E-state index in [0.717, 1.165) is 32.0 Å².